The molecule has 0 fully saturated rings. The molecule has 0 saturated carbocycles. The average Bonchev–Trinajstić information content (AvgIpc) is 3.18. The van der Waals surface area contributed by atoms with Crippen molar-refractivity contribution in [3.05, 3.63) is 89.5 Å². The van der Waals surface area contributed by atoms with Crippen LogP contribution < -0.4 is 4.57 Å². The molecule has 0 radical (unpaired) electrons. The van der Waals surface area contributed by atoms with Crippen molar-refractivity contribution in [1.29, 1.82) is 0 Å². The second kappa shape index (κ2) is 14.8. The van der Waals surface area contributed by atoms with Crippen LogP contribution in [0.5, 0.6) is 0 Å². The number of imidazole rings is 1. The molecule has 0 N–H and O–H groups in total. The summed E-state index contributed by atoms with van der Waals surface area (Å²) in [6.45, 7) is 9.26. The Labute approximate surface area is 209 Å². The molecule has 34 heavy (non-hydrogen) atoms. The van der Waals surface area contributed by atoms with Crippen LogP contribution in [0, 0.1) is 0 Å². The predicted octanol–water partition coefficient (Wildman–Crippen LogP) is 8.26. The first-order valence-electron chi connectivity index (χ1n) is 13.9. The molecule has 3 aromatic rings. The Morgan fingerprint density at radius 3 is 2.03 bits per heavy atom. The van der Waals surface area contributed by atoms with E-state index in [-0.39, 0.29) is 0 Å². The van der Waals surface area contributed by atoms with Crippen LogP contribution in [0.1, 0.15) is 107 Å². The maximum Gasteiger partial charge on any atom is 0.261 e. The van der Waals surface area contributed by atoms with Crippen molar-refractivity contribution in [2.24, 2.45) is 0 Å². The average molecular weight is 460 g/mol. The van der Waals surface area contributed by atoms with E-state index in [0.717, 1.165) is 25.9 Å². The Morgan fingerprint density at radius 1 is 0.735 bits per heavy atom. The molecule has 2 aromatic carbocycles. The molecule has 1 heterocycles. The van der Waals surface area contributed by atoms with Crippen LogP contribution in [-0.4, -0.2) is 4.57 Å². The molecule has 2 heteroatoms. The largest absolute Gasteiger partial charge is 0.261 e. The maximum atomic E-state index is 2.69. The third-order valence-corrected chi connectivity index (χ3v) is 7.12. The number of hydrogen-bond donors (Lipinski definition) is 0. The molecule has 1 aromatic heterocycles. The molecule has 0 aliphatic carbocycles. The Balaban J connectivity index is 1.87. The summed E-state index contributed by atoms with van der Waals surface area (Å²) < 4.78 is 5.29. The van der Waals surface area contributed by atoms with E-state index < -0.39 is 0 Å². The highest BCUT2D eigenvalue weighted by Gasteiger charge is 2.25. The highest BCUT2D eigenvalue weighted by molar-refractivity contribution is 5.22. The zero-order valence-electron chi connectivity index (χ0n) is 22.0. The van der Waals surface area contributed by atoms with Gasteiger partial charge in [-0.25, -0.2) is 9.13 Å². The number of benzene rings is 2. The zero-order valence-corrected chi connectivity index (χ0v) is 22.0. The topological polar surface area (TPSA) is 8.81 Å². The van der Waals surface area contributed by atoms with E-state index in [9.17, 15) is 0 Å². The van der Waals surface area contributed by atoms with Crippen LogP contribution in [0.3, 0.4) is 0 Å². The van der Waals surface area contributed by atoms with Gasteiger partial charge in [-0.15, -0.1) is 0 Å². The Hall–Kier alpha value is -2.35. The summed E-state index contributed by atoms with van der Waals surface area (Å²) in [5, 5.41) is 0. The normalized spacial score (nSPS) is 12.2. The highest BCUT2D eigenvalue weighted by atomic mass is 15.2. The van der Waals surface area contributed by atoms with Crippen molar-refractivity contribution >= 4 is 0 Å². The maximum absolute atomic E-state index is 2.69. The van der Waals surface area contributed by atoms with Gasteiger partial charge in [0, 0.05) is 6.42 Å². The van der Waals surface area contributed by atoms with E-state index in [1.165, 1.54) is 80.4 Å². The fourth-order valence-electron chi connectivity index (χ4n) is 5.05. The standard InChI is InChI=1S/C32H47N2/c1-4-6-8-10-17-23-33-27-31(25-28(3)30-21-15-12-16-22-30)34(24-18-9-7-5-2)32(33)26-29-19-13-11-14-20-29/h11-16,19-22,27-28H,4-10,17-18,23-26H2,1-3H3/q+1. The molecule has 0 amide bonds. The van der Waals surface area contributed by atoms with E-state index >= 15 is 0 Å². The van der Waals surface area contributed by atoms with Gasteiger partial charge in [-0.05, 0) is 42.7 Å². The van der Waals surface area contributed by atoms with E-state index in [4.69, 9.17) is 0 Å². The van der Waals surface area contributed by atoms with Gasteiger partial charge in [-0.1, -0.05) is 114 Å². The molecule has 0 aliphatic rings. The van der Waals surface area contributed by atoms with Crippen molar-refractivity contribution < 1.29 is 4.57 Å². The van der Waals surface area contributed by atoms with Crippen LogP contribution >= 0.6 is 0 Å². The van der Waals surface area contributed by atoms with Gasteiger partial charge in [-0.2, -0.15) is 0 Å². The fourth-order valence-corrected chi connectivity index (χ4v) is 5.05. The summed E-state index contributed by atoms with van der Waals surface area (Å²) in [6, 6.07) is 22.1. The van der Waals surface area contributed by atoms with Gasteiger partial charge in [0.05, 0.1) is 19.5 Å². The summed E-state index contributed by atoms with van der Waals surface area (Å²) in [6.07, 6.45) is 16.5. The summed E-state index contributed by atoms with van der Waals surface area (Å²) >= 11 is 0. The first-order valence-corrected chi connectivity index (χ1v) is 13.9. The summed E-state index contributed by atoms with van der Waals surface area (Å²) in [5.41, 5.74) is 4.36. The molecule has 0 saturated heterocycles. The van der Waals surface area contributed by atoms with Gasteiger partial charge < -0.3 is 0 Å². The number of unbranched alkanes of at least 4 members (excludes halogenated alkanes) is 7. The van der Waals surface area contributed by atoms with Crippen molar-refractivity contribution in [2.45, 2.75) is 110 Å². The summed E-state index contributed by atoms with van der Waals surface area (Å²) in [7, 11) is 0. The van der Waals surface area contributed by atoms with E-state index in [1.807, 2.05) is 0 Å². The Kier molecular flexibility index (Phi) is 11.4. The van der Waals surface area contributed by atoms with Crippen LogP contribution in [0.2, 0.25) is 0 Å². The minimum atomic E-state index is 0.521. The first-order chi connectivity index (χ1) is 16.7. The lowest BCUT2D eigenvalue weighted by atomic mass is 9.96. The fraction of sp³-hybridized carbons (Fsp3) is 0.531. The van der Waals surface area contributed by atoms with Crippen molar-refractivity contribution in [2.75, 3.05) is 0 Å². The van der Waals surface area contributed by atoms with Crippen molar-refractivity contribution in [1.82, 2.24) is 4.57 Å². The van der Waals surface area contributed by atoms with Crippen LogP contribution in [0.25, 0.3) is 0 Å². The van der Waals surface area contributed by atoms with Crippen molar-refractivity contribution in [3.8, 4) is 0 Å². The van der Waals surface area contributed by atoms with E-state index in [1.54, 1.807) is 0 Å². The predicted molar refractivity (Wildman–Crippen MR) is 145 cm³/mol. The first kappa shape index (κ1) is 26.3. The quantitative estimate of drug-likeness (QED) is 0.151. The van der Waals surface area contributed by atoms with Gasteiger partial charge in [0.25, 0.3) is 5.82 Å². The van der Waals surface area contributed by atoms with Gasteiger partial charge in [0.2, 0.25) is 0 Å². The monoisotopic (exact) mass is 459 g/mol. The van der Waals surface area contributed by atoms with Gasteiger partial charge in [0.15, 0.2) is 0 Å². The summed E-state index contributed by atoms with van der Waals surface area (Å²) in [5.74, 6) is 2.02. The second-order valence-electron chi connectivity index (χ2n) is 10.0. The minimum Gasteiger partial charge on any atom is -0.234 e. The van der Waals surface area contributed by atoms with Gasteiger partial charge in [0.1, 0.15) is 11.9 Å². The highest BCUT2D eigenvalue weighted by Crippen LogP contribution is 2.22. The molecule has 1 unspecified atom stereocenters. The lowest BCUT2D eigenvalue weighted by Crippen LogP contribution is -2.37. The van der Waals surface area contributed by atoms with Gasteiger partial charge in [-0.3, -0.25) is 0 Å². The smallest absolute Gasteiger partial charge is 0.234 e. The molecule has 0 aliphatic heterocycles. The Bertz CT molecular complexity index is 926. The van der Waals surface area contributed by atoms with E-state index in [2.05, 4.69) is 96.8 Å². The molecular formula is C32H47N2+. The third kappa shape index (κ3) is 8.15. The number of nitrogens with zero attached hydrogens (tertiary/aromatic N) is 2. The lowest BCUT2D eigenvalue weighted by molar-refractivity contribution is -0.704. The van der Waals surface area contributed by atoms with Crippen LogP contribution in [0.15, 0.2) is 66.9 Å². The third-order valence-electron chi connectivity index (χ3n) is 7.12. The van der Waals surface area contributed by atoms with Crippen LogP contribution in [0.4, 0.5) is 0 Å². The molecule has 0 spiro atoms. The van der Waals surface area contributed by atoms with Crippen molar-refractivity contribution in [3.63, 3.8) is 0 Å². The molecule has 184 valence electrons. The molecular weight excluding hydrogens is 412 g/mol. The number of hydrogen-bond acceptors (Lipinski definition) is 0. The Morgan fingerprint density at radius 2 is 1.35 bits per heavy atom. The SMILES string of the molecule is CCCCCCC[n+]1cc(CC(C)c2ccccc2)n(CCCCCC)c1Cc1ccccc1. The second-order valence-corrected chi connectivity index (χ2v) is 10.0. The van der Waals surface area contributed by atoms with Crippen LogP contribution in [-0.2, 0) is 25.9 Å². The lowest BCUT2D eigenvalue weighted by Gasteiger charge is -2.12. The molecule has 2 nitrogen and oxygen atoms in total. The van der Waals surface area contributed by atoms with E-state index in [0.29, 0.717) is 5.92 Å². The number of aryl methyl sites for hydroxylation is 1. The number of aromatic nitrogens is 2. The van der Waals surface area contributed by atoms with Gasteiger partial charge >= 0.3 is 0 Å². The zero-order chi connectivity index (χ0) is 24.0. The molecule has 0 bridgehead atoms. The molecule has 1 atom stereocenters. The minimum absolute atomic E-state index is 0.521. The molecule has 3 rings (SSSR count). The summed E-state index contributed by atoms with van der Waals surface area (Å²) in [4.78, 5) is 0. The number of rotatable bonds is 16.